The summed E-state index contributed by atoms with van der Waals surface area (Å²) in [5, 5.41) is 10.1. The summed E-state index contributed by atoms with van der Waals surface area (Å²) in [6.07, 6.45) is 2.73. The van der Waals surface area contributed by atoms with Crippen molar-refractivity contribution in [3.63, 3.8) is 0 Å². The second-order valence-electron chi connectivity index (χ2n) is 2.23. The fourth-order valence-electron chi connectivity index (χ4n) is 0.924. The van der Waals surface area contributed by atoms with E-state index >= 15 is 0 Å². The second-order valence-corrected chi connectivity index (χ2v) is 2.23. The zero-order chi connectivity index (χ0) is 6.85. The zero-order valence-electron chi connectivity index (χ0n) is 4.96. The maximum absolute atomic E-state index is 10.1. The molecule has 0 heterocycles. The van der Waals surface area contributed by atoms with Crippen LogP contribution in [0.15, 0.2) is 11.8 Å². The average Bonchev–Trinajstić information content (AvgIpc) is 2.14. The molecule has 0 aromatic carbocycles. The first-order chi connectivity index (χ1) is 4.20. The van der Waals surface area contributed by atoms with Crippen molar-refractivity contribution in [2.45, 2.75) is 12.8 Å². The molecule has 0 bridgehead atoms. The minimum absolute atomic E-state index is 0.370. The van der Waals surface area contributed by atoms with E-state index in [1.54, 1.807) is 6.08 Å². The van der Waals surface area contributed by atoms with Gasteiger partial charge in [0.05, 0.1) is 0 Å². The third kappa shape index (κ3) is 1.22. The van der Waals surface area contributed by atoms with Gasteiger partial charge in [0.1, 0.15) is 0 Å². The number of carbonyl (C=O) groups is 1. The number of hydrogen-bond donors (Lipinski definition) is 1. The molecule has 0 amide bonds. The van der Waals surface area contributed by atoms with Crippen LogP contribution in [0.4, 0.5) is 0 Å². The largest absolute Gasteiger partial charge is 0.550 e. The Morgan fingerprint density at radius 3 is 2.78 bits per heavy atom. The van der Waals surface area contributed by atoms with Gasteiger partial charge in [-0.05, 0) is 12.8 Å². The van der Waals surface area contributed by atoms with E-state index in [1.807, 2.05) is 0 Å². The average molecular weight is 126 g/mol. The summed E-state index contributed by atoms with van der Waals surface area (Å²) < 4.78 is 0. The highest BCUT2D eigenvalue weighted by Crippen LogP contribution is 2.20. The highest BCUT2D eigenvalue weighted by atomic mass is 16.4. The molecular weight excluding hydrogens is 118 g/mol. The highest BCUT2D eigenvalue weighted by Gasteiger charge is 2.14. The van der Waals surface area contributed by atoms with E-state index in [4.69, 9.17) is 5.73 Å². The second kappa shape index (κ2) is 2.09. The molecule has 1 aliphatic rings. The van der Waals surface area contributed by atoms with Gasteiger partial charge in [0.25, 0.3) is 0 Å². The number of aliphatic carboxylic acids is 1. The van der Waals surface area contributed by atoms with Crippen molar-refractivity contribution in [3.8, 4) is 0 Å². The number of carboxylic acids is 1. The number of allylic oxidation sites excluding steroid dienone is 2. The topological polar surface area (TPSA) is 66.2 Å². The standard InChI is InChI=1S/C6H9NO2/c7-5-2-1-4(3-5)6(8)9/h2,4H,1,3,7H2,(H,8,9)/p-1/t4-/m0/s1. The molecule has 9 heavy (non-hydrogen) atoms. The fraction of sp³-hybridized carbons (Fsp3) is 0.500. The Kier molecular flexibility index (Phi) is 1.42. The number of carboxylic acid groups (broad SMARTS) is 1. The minimum atomic E-state index is -0.994. The normalized spacial score (nSPS) is 25.8. The lowest BCUT2D eigenvalue weighted by atomic mass is 10.1. The SMILES string of the molecule is NC1=CC[C@H](C(=O)[O-])C1. The Morgan fingerprint density at radius 1 is 1.89 bits per heavy atom. The van der Waals surface area contributed by atoms with Crippen LogP contribution in [0.2, 0.25) is 0 Å². The predicted octanol–water partition coefficient (Wildman–Crippen LogP) is -1.01. The van der Waals surface area contributed by atoms with E-state index < -0.39 is 5.97 Å². The summed E-state index contributed by atoms with van der Waals surface area (Å²) in [5.41, 5.74) is 6.00. The number of carbonyl (C=O) groups excluding carboxylic acids is 1. The number of nitrogens with two attached hydrogens (primary N) is 1. The van der Waals surface area contributed by atoms with Crippen LogP contribution in [-0.4, -0.2) is 5.97 Å². The van der Waals surface area contributed by atoms with Gasteiger partial charge in [0.2, 0.25) is 0 Å². The van der Waals surface area contributed by atoms with Crippen molar-refractivity contribution >= 4 is 5.97 Å². The molecule has 0 radical (unpaired) electrons. The smallest absolute Gasteiger partial charge is 0.0452 e. The van der Waals surface area contributed by atoms with Crippen LogP contribution in [0, 0.1) is 5.92 Å². The third-order valence-corrected chi connectivity index (χ3v) is 1.48. The van der Waals surface area contributed by atoms with Crippen molar-refractivity contribution in [3.05, 3.63) is 11.8 Å². The Morgan fingerprint density at radius 2 is 2.56 bits per heavy atom. The van der Waals surface area contributed by atoms with E-state index in [0.717, 1.165) is 0 Å². The molecular formula is C6H8NO2-. The van der Waals surface area contributed by atoms with Gasteiger partial charge in [-0.15, -0.1) is 0 Å². The third-order valence-electron chi connectivity index (χ3n) is 1.48. The van der Waals surface area contributed by atoms with Crippen LogP contribution >= 0.6 is 0 Å². The van der Waals surface area contributed by atoms with Crippen LogP contribution in [0.25, 0.3) is 0 Å². The van der Waals surface area contributed by atoms with E-state index in [0.29, 0.717) is 18.5 Å². The fourth-order valence-corrected chi connectivity index (χ4v) is 0.924. The summed E-state index contributed by atoms with van der Waals surface area (Å²) in [7, 11) is 0. The minimum Gasteiger partial charge on any atom is -0.550 e. The van der Waals surface area contributed by atoms with Crippen molar-refractivity contribution in [2.75, 3.05) is 0 Å². The Balaban J connectivity index is 2.47. The maximum atomic E-state index is 10.1. The Bertz CT molecular complexity index is 162. The van der Waals surface area contributed by atoms with Gasteiger partial charge in [0.15, 0.2) is 0 Å². The van der Waals surface area contributed by atoms with Crippen molar-refractivity contribution in [1.82, 2.24) is 0 Å². The van der Waals surface area contributed by atoms with E-state index in [-0.39, 0.29) is 5.92 Å². The molecule has 0 unspecified atom stereocenters. The first-order valence-corrected chi connectivity index (χ1v) is 2.85. The number of hydrogen-bond acceptors (Lipinski definition) is 3. The summed E-state index contributed by atoms with van der Waals surface area (Å²) in [6.45, 7) is 0. The zero-order valence-corrected chi connectivity index (χ0v) is 4.96. The Hall–Kier alpha value is -0.990. The van der Waals surface area contributed by atoms with Crippen LogP contribution in [0.5, 0.6) is 0 Å². The van der Waals surface area contributed by atoms with Gasteiger partial charge in [-0.25, -0.2) is 0 Å². The monoisotopic (exact) mass is 126 g/mol. The van der Waals surface area contributed by atoms with Gasteiger partial charge < -0.3 is 15.6 Å². The quantitative estimate of drug-likeness (QED) is 0.489. The molecule has 1 rings (SSSR count). The van der Waals surface area contributed by atoms with Crippen LogP contribution in [0.1, 0.15) is 12.8 Å². The lowest BCUT2D eigenvalue weighted by molar-refractivity contribution is -0.311. The molecule has 0 saturated carbocycles. The van der Waals surface area contributed by atoms with Gasteiger partial charge in [-0.2, -0.15) is 0 Å². The van der Waals surface area contributed by atoms with Crippen LogP contribution in [0.3, 0.4) is 0 Å². The summed E-state index contributed by atoms with van der Waals surface area (Å²) in [4.78, 5) is 10.1. The highest BCUT2D eigenvalue weighted by molar-refractivity contribution is 5.69. The molecule has 1 atom stereocenters. The van der Waals surface area contributed by atoms with Crippen molar-refractivity contribution in [1.29, 1.82) is 0 Å². The van der Waals surface area contributed by atoms with E-state index in [1.165, 1.54) is 0 Å². The van der Waals surface area contributed by atoms with Crippen molar-refractivity contribution < 1.29 is 9.90 Å². The molecule has 50 valence electrons. The molecule has 3 heteroatoms. The van der Waals surface area contributed by atoms with Gasteiger partial charge in [-0.3, -0.25) is 0 Å². The maximum Gasteiger partial charge on any atom is 0.0452 e. The molecule has 0 aromatic rings. The van der Waals surface area contributed by atoms with Gasteiger partial charge in [0, 0.05) is 17.6 Å². The first kappa shape index (κ1) is 6.13. The molecule has 0 aromatic heterocycles. The molecule has 0 saturated heterocycles. The summed E-state index contributed by atoms with van der Waals surface area (Å²) in [6, 6.07) is 0. The molecule has 3 nitrogen and oxygen atoms in total. The molecule has 0 fully saturated rings. The van der Waals surface area contributed by atoms with Crippen LogP contribution in [-0.2, 0) is 4.79 Å². The van der Waals surface area contributed by atoms with Gasteiger partial charge in [-0.1, -0.05) is 6.08 Å². The molecule has 0 aliphatic heterocycles. The molecule has 0 spiro atoms. The van der Waals surface area contributed by atoms with E-state index in [2.05, 4.69) is 0 Å². The van der Waals surface area contributed by atoms with E-state index in [9.17, 15) is 9.90 Å². The summed E-state index contributed by atoms with van der Waals surface area (Å²) in [5.74, 6) is -1.36. The van der Waals surface area contributed by atoms with Crippen molar-refractivity contribution in [2.24, 2.45) is 11.7 Å². The molecule has 1 aliphatic carbocycles. The predicted molar refractivity (Wildman–Crippen MR) is 30.0 cm³/mol. The summed E-state index contributed by atoms with van der Waals surface area (Å²) >= 11 is 0. The Labute approximate surface area is 53.2 Å². The number of rotatable bonds is 1. The van der Waals surface area contributed by atoms with Gasteiger partial charge >= 0.3 is 0 Å². The first-order valence-electron chi connectivity index (χ1n) is 2.85. The lowest BCUT2D eigenvalue weighted by Gasteiger charge is -2.08. The lowest BCUT2D eigenvalue weighted by Crippen LogP contribution is -2.30. The molecule has 2 N–H and O–H groups in total. The van der Waals surface area contributed by atoms with Crippen LogP contribution < -0.4 is 10.8 Å².